The van der Waals surface area contributed by atoms with E-state index in [9.17, 15) is 4.79 Å². The summed E-state index contributed by atoms with van der Waals surface area (Å²) in [5.74, 6) is 0.904. The molecule has 4 heteroatoms. The van der Waals surface area contributed by atoms with Crippen LogP contribution in [0.25, 0.3) is 0 Å². The van der Waals surface area contributed by atoms with Crippen molar-refractivity contribution in [2.24, 2.45) is 5.92 Å². The third-order valence-electron chi connectivity index (χ3n) is 3.73. The van der Waals surface area contributed by atoms with Gasteiger partial charge in [-0.05, 0) is 43.2 Å². The van der Waals surface area contributed by atoms with Gasteiger partial charge in [-0.1, -0.05) is 32.0 Å². The van der Waals surface area contributed by atoms with Crippen LogP contribution in [0.5, 0.6) is 0 Å². The number of alkyl halides is 1. The van der Waals surface area contributed by atoms with Gasteiger partial charge >= 0.3 is 0 Å². The third kappa shape index (κ3) is 4.45. The fourth-order valence-electron chi connectivity index (χ4n) is 2.28. The Balaban J connectivity index is 2.18. The van der Waals surface area contributed by atoms with Crippen LogP contribution in [-0.2, 0) is 9.53 Å². The molecule has 1 fully saturated rings. The van der Waals surface area contributed by atoms with Crippen molar-refractivity contribution in [2.45, 2.75) is 44.9 Å². The van der Waals surface area contributed by atoms with Crippen LogP contribution in [0.2, 0.25) is 0 Å². The molecule has 1 amide bonds. The molecule has 0 radical (unpaired) electrons. The molecule has 3 nitrogen and oxygen atoms in total. The molecule has 0 saturated heterocycles. The van der Waals surface area contributed by atoms with E-state index in [4.69, 9.17) is 16.3 Å². The van der Waals surface area contributed by atoms with Gasteiger partial charge in [0.15, 0.2) is 0 Å². The highest BCUT2D eigenvalue weighted by atomic mass is 35.5. The number of nitrogens with zero attached hydrogens (tertiary/aromatic N) is 1. The van der Waals surface area contributed by atoms with Crippen molar-refractivity contribution >= 4 is 23.2 Å². The van der Waals surface area contributed by atoms with Gasteiger partial charge in [0.2, 0.25) is 5.91 Å². The molecule has 21 heavy (non-hydrogen) atoms. The summed E-state index contributed by atoms with van der Waals surface area (Å²) < 4.78 is 5.73. The molecule has 1 saturated carbocycles. The maximum Gasteiger partial charge on any atom is 0.246 e. The van der Waals surface area contributed by atoms with Crippen molar-refractivity contribution in [3.05, 3.63) is 29.8 Å². The molecule has 0 N–H and O–H groups in total. The first-order chi connectivity index (χ1) is 10.0. The molecular weight excluding hydrogens is 286 g/mol. The zero-order valence-corrected chi connectivity index (χ0v) is 13.8. The maximum atomic E-state index is 12.4. The van der Waals surface area contributed by atoms with Crippen LogP contribution >= 0.6 is 11.6 Å². The zero-order chi connectivity index (χ0) is 15.4. The van der Waals surface area contributed by atoms with Crippen molar-refractivity contribution in [1.29, 1.82) is 0 Å². The fourth-order valence-corrected chi connectivity index (χ4v) is 2.40. The Morgan fingerprint density at radius 1 is 1.33 bits per heavy atom. The number of halogens is 1. The molecule has 1 aliphatic carbocycles. The largest absolute Gasteiger partial charge is 0.360 e. The highest BCUT2D eigenvalue weighted by Gasteiger charge is 2.25. The molecule has 0 bridgehead atoms. The molecule has 0 aliphatic heterocycles. The van der Waals surface area contributed by atoms with E-state index in [1.807, 2.05) is 18.2 Å². The molecule has 0 aromatic heterocycles. The summed E-state index contributed by atoms with van der Waals surface area (Å²) in [6.45, 7) is 6.95. The summed E-state index contributed by atoms with van der Waals surface area (Å²) >= 11 is 6.01. The van der Waals surface area contributed by atoms with E-state index in [0.29, 0.717) is 11.8 Å². The second kappa shape index (κ2) is 7.28. The number of carbonyl (C=O) groups excluding carboxylic acids is 1. The van der Waals surface area contributed by atoms with Crippen molar-refractivity contribution < 1.29 is 9.53 Å². The number of carbonyl (C=O) groups is 1. The number of rotatable bonds is 7. The molecular formula is C17H24ClNO2. The first-order valence-corrected chi connectivity index (χ1v) is 8.06. The number of hydrogen-bond acceptors (Lipinski definition) is 2. The van der Waals surface area contributed by atoms with Crippen LogP contribution in [0.15, 0.2) is 24.3 Å². The van der Waals surface area contributed by atoms with Crippen LogP contribution in [0.1, 0.15) is 45.1 Å². The number of hydrogen-bond donors (Lipinski definition) is 0. The van der Waals surface area contributed by atoms with Gasteiger partial charge in [0, 0.05) is 5.69 Å². The quantitative estimate of drug-likeness (QED) is 0.559. The molecule has 1 unspecified atom stereocenters. The molecule has 1 aromatic rings. The second-order valence-corrected chi connectivity index (χ2v) is 6.69. The van der Waals surface area contributed by atoms with E-state index < -0.39 is 5.38 Å². The number of para-hydroxylation sites is 1. The van der Waals surface area contributed by atoms with Crippen LogP contribution in [-0.4, -0.2) is 24.6 Å². The predicted molar refractivity (Wildman–Crippen MR) is 86.9 cm³/mol. The second-order valence-electron chi connectivity index (χ2n) is 6.04. The summed E-state index contributed by atoms with van der Waals surface area (Å²) in [6, 6.07) is 7.96. The average molecular weight is 310 g/mol. The van der Waals surface area contributed by atoms with Crippen molar-refractivity contribution in [3.63, 3.8) is 0 Å². The summed E-state index contributed by atoms with van der Waals surface area (Å²) in [4.78, 5) is 14.1. The Kier molecular flexibility index (Phi) is 5.65. The maximum absolute atomic E-state index is 12.4. The lowest BCUT2D eigenvalue weighted by Crippen LogP contribution is -2.38. The van der Waals surface area contributed by atoms with Gasteiger partial charge < -0.3 is 4.74 Å². The van der Waals surface area contributed by atoms with E-state index in [1.54, 1.807) is 11.8 Å². The van der Waals surface area contributed by atoms with E-state index in [-0.39, 0.29) is 12.6 Å². The number of ether oxygens (including phenoxy) is 1. The van der Waals surface area contributed by atoms with Gasteiger partial charge in [0.1, 0.15) is 12.1 Å². The molecule has 0 spiro atoms. The van der Waals surface area contributed by atoms with E-state index in [1.165, 1.54) is 12.8 Å². The first-order valence-electron chi connectivity index (χ1n) is 7.62. The van der Waals surface area contributed by atoms with E-state index in [2.05, 4.69) is 19.9 Å². The third-order valence-corrected chi connectivity index (χ3v) is 3.91. The zero-order valence-electron chi connectivity index (χ0n) is 13.0. The summed E-state index contributed by atoms with van der Waals surface area (Å²) in [5, 5.41) is -0.560. The lowest BCUT2D eigenvalue weighted by Gasteiger charge is -2.27. The van der Waals surface area contributed by atoms with E-state index in [0.717, 1.165) is 17.9 Å². The van der Waals surface area contributed by atoms with Crippen LogP contribution in [0, 0.1) is 5.92 Å². The minimum Gasteiger partial charge on any atom is -0.360 e. The molecule has 0 heterocycles. The van der Waals surface area contributed by atoms with Gasteiger partial charge in [0.25, 0.3) is 0 Å². The topological polar surface area (TPSA) is 29.5 Å². The van der Waals surface area contributed by atoms with Crippen molar-refractivity contribution in [3.8, 4) is 0 Å². The summed E-state index contributed by atoms with van der Waals surface area (Å²) in [5.41, 5.74) is 2.04. The average Bonchev–Trinajstić information content (AvgIpc) is 3.27. The SMILES string of the molecule is CC(Cl)C(=O)N(COCC1CC1)c1ccccc1C(C)C. The van der Waals surface area contributed by atoms with Gasteiger partial charge in [0.05, 0.1) is 6.61 Å². The van der Waals surface area contributed by atoms with Gasteiger partial charge in [-0.15, -0.1) is 11.6 Å². The lowest BCUT2D eigenvalue weighted by atomic mass is 10.0. The predicted octanol–water partition coefficient (Wildman–Crippen LogP) is 4.15. The molecule has 1 atom stereocenters. The highest BCUT2D eigenvalue weighted by Crippen LogP contribution is 2.30. The molecule has 2 rings (SSSR count). The highest BCUT2D eigenvalue weighted by molar-refractivity contribution is 6.32. The number of amides is 1. The monoisotopic (exact) mass is 309 g/mol. The van der Waals surface area contributed by atoms with Gasteiger partial charge in [-0.3, -0.25) is 9.69 Å². The van der Waals surface area contributed by atoms with Gasteiger partial charge in [-0.2, -0.15) is 0 Å². The smallest absolute Gasteiger partial charge is 0.246 e. The Morgan fingerprint density at radius 3 is 2.57 bits per heavy atom. The minimum atomic E-state index is -0.560. The van der Waals surface area contributed by atoms with Crippen LogP contribution < -0.4 is 4.90 Å². The Hall–Kier alpha value is -1.06. The molecule has 116 valence electrons. The molecule has 1 aliphatic rings. The normalized spacial score (nSPS) is 16.0. The van der Waals surface area contributed by atoms with Crippen LogP contribution in [0.4, 0.5) is 5.69 Å². The fraction of sp³-hybridized carbons (Fsp3) is 0.588. The number of anilines is 1. The summed E-state index contributed by atoms with van der Waals surface area (Å²) in [6.07, 6.45) is 2.48. The standard InChI is InChI=1S/C17H24ClNO2/c1-12(2)15-6-4-5-7-16(15)19(17(20)13(3)18)11-21-10-14-8-9-14/h4-7,12-14H,8-11H2,1-3H3. The Labute approximate surface area is 132 Å². The number of benzene rings is 1. The van der Waals surface area contributed by atoms with Crippen molar-refractivity contribution in [1.82, 2.24) is 0 Å². The van der Waals surface area contributed by atoms with Crippen LogP contribution in [0.3, 0.4) is 0 Å². The molecule has 1 aromatic carbocycles. The minimum absolute atomic E-state index is 0.111. The Morgan fingerprint density at radius 2 is 2.00 bits per heavy atom. The van der Waals surface area contributed by atoms with Crippen molar-refractivity contribution in [2.75, 3.05) is 18.2 Å². The Bertz CT molecular complexity index is 483. The lowest BCUT2D eigenvalue weighted by molar-refractivity contribution is -0.119. The first kappa shape index (κ1) is 16.3. The summed E-state index contributed by atoms with van der Waals surface area (Å²) in [7, 11) is 0. The van der Waals surface area contributed by atoms with E-state index >= 15 is 0 Å². The van der Waals surface area contributed by atoms with Gasteiger partial charge in [-0.25, -0.2) is 0 Å².